The fourth-order valence-corrected chi connectivity index (χ4v) is 1.02. The van der Waals surface area contributed by atoms with Crippen molar-refractivity contribution < 1.29 is 9.18 Å². The Labute approximate surface area is 76.8 Å². The van der Waals surface area contributed by atoms with Gasteiger partial charge in [0, 0.05) is 7.05 Å². The van der Waals surface area contributed by atoms with E-state index in [1.165, 1.54) is 6.07 Å². The number of halogens is 1. The maximum Gasteiger partial charge on any atom is 0.224 e. The van der Waals surface area contributed by atoms with Gasteiger partial charge >= 0.3 is 0 Å². The van der Waals surface area contributed by atoms with E-state index in [0.29, 0.717) is 11.1 Å². The molecule has 13 heavy (non-hydrogen) atoms. The average Bonchev–Trinajstić information content (AvgIpc) is 2.11. The van der Waals surface area contributed by atoms with Crippen LogP contribution in [0.15, 0.2) is 18.2 Å². The third kappa shape index (κ3) is 2.54. The summed E-state index contributed by atoms with van der Waals surface area (Å²) in [5.41, 5.74) is 1.29. The van der Waals surface area contributed by atoms with Crippen molar-refractivity contribution in [3.8, 4) is 0 Å². The van der Waals surface area contributed by atoms with E-state index in [0.717, 1.165) is 0 Å². The van der Waals surface area contributed by atoms with Crippen molar-refractivity contribution in [2.45, 2.75) is 13.3 Å². The van der Waals surface area contributed by atoms with Gasteiger partial charge in [0.25, 0.3) is 0 Å². The zero-order valence-corrected chi connectivity index (χ0v) is 7.73. The van der Waals surface area contributed by atoms with Crippen LogP contribution in [0.5, 0.6) is 0 Å². The molecule has 0 fully saturated rings. The average molecular weight is 181 g/mol. The van der Waals surface area contributed by atoms with Gasteiger partial charge in [0.15, 0.2) is 0 Å². The summed E-state index contributed by atoms with van der Waals surface area (Å²) < 4.78 is 13.0. The van der Waals surface area contributed by atoms with E-state index in [4.69, 9.17) is 0 Å². The van der Waals surface area contributed by atoms with Gasteiger partial charge < -0.3 is 5.32 Å². The van der Waals surface area contributed by atoms with E-state index in [9.17, 15) is 9.18 Å². The van der Waals surface area contributed by atoms with Gasteiger partial charge in [0.05, 0.1) is 6.42 Å². The molecule has 1 N–H and O–H groups in total. The second-order valence-electron chi connectivity index (χ2n) is 2.93. The lowest BCUT2D eigenvalue weighted by atomic mass is 10.1. The van der Waals surface area contributed by atoms with Crippen molar-refractivity contribution in [2.75, 3.05) is 7.05 Å². The molecule has 0 spiro atoms. The van der Waals surface area contributed by atoms with Crippen LogP contribution >= 0.6 is 0 Å². The first-order valence-corrected chi connectivity index (χ1v) is 4.09. The van der Waals surface area contributed by atoms with Gasteiger partial charge in [-0.05, 0) is 24.1 Å². The second kappa shape index (κ2) is 4.03. The first kappa shape index (κ1) is 9.71. The van der Waals surface area contributed by atoms with Crippen molar-refractivity contribution in [1.82, 2.24) is 5.32 Å². The topological polar surface area (TPSA) is 29.1 Å². The Balaban J connectivity index is 2.79. The standard InChI is InChI=1S/C10H12FNO/c1-7-3-4-8(5-9(7)11)6-10(13)12-2/h3-5H,6H2,1-2H3,(H,12,13). The van der Waals surface area contributed by atoms with Gasteiger partial charge in [0.1, 0.15) is 5.82 Å². The molecule has 0 aromatic heterocycles. The Morgan fingerprint density at radius 1 is 1.54 bits per heavy atom. The molecule has 3 heteroatoms. The summed E-state index contributed by atoms with van der Waals surface area (Å²) in [7, 11) is 1.56. The van der Waals surface area contributed by atoms with Crippen LogP contribution in [0.1, 0.15) is 11.1 Å². The van der Waals surface area contributed by atoms with E-state index < -0.39 is 0 Å². The molecule has 0 saturated carbocycles. The molecule has 1 amide bonds. The summed E-state index contributed by atoms with van der Waals surface area (Å²) >= 11 is 0. The molecule has 0 bridgehead atoms. The predicted octanol–water partition coefficient (Wildman–Crippen LogP) is 1.42. The van der Waals surface area contributed by atoms with E-state index in [2.05, 4.69) is 5.32 Å². The maximum absolute atomic E-state index is 13.0. The lowest BCUT2D eigenvalue weighted by Gasteiger charge is -2.01. The number of aryl methyl sites for hydroxylation is 1. The molecular weight excluding hydrogens is 169 g/mol. The number of benzene rings is 1. The summed E-state index contributed by atoms with van der Waals surface area (Å²) in [5.74, 6) is -0.371. The van der Waals surface area contributed by atoms with Crippen LogP contribution in [0, 0.1) is 12.7 Å². The summed E-state index contributed by atoms with van der Waals surface area (Å²) in [6.07, 6.45) is 0.230. The minimum absolute atomic E-state index is 0.108. The number of hydrogen-bond donors (Lipinski definition) is 1. The van der Waals surface area contributed by atoms with Gasteiger partial charge in [0.2, 0.25) is 5.91 Å². The van der Waals surface area contributed by atoms with Crippen molar-refractivity contribution >= 4 is 5.91 Å². The zero-order valence-electron chi connectivity index (χ0n) is 7.73. The number of likely N-dealkylation sites (N-methyl/N-ethyl adjacent to an activating group) is 1. The van der Waals surface area contributed by atoms with Crippen molar-refractivity contribution in [2.24, 2.45) is 0 Å². The quantitative estimate of drug-likeness (QED) is 0.734. The molecule has 2 nitrogen and oxygen atoms in total. The molecule has 0 unspecified atom stereocenters. The number of amides is 1. The largest absolute Gasteiger partial charge is 0.359 e. The van der Waals surface area contributed by atoms with Crippen LogP contribution in [0.25, 0.3) is 0 Å². The zero-order chi connectivity index (χ0) is 9.84. The molecule has 1 aromatic carbocycles. The van der Waals surface area contributed by atoms with Crippen LogP contribution in [0.2, 0.25) is 0 Å². The molecule has 0 heterocycles. The molecule has 1 rings (SSSR count). The van der Waals surface area contributed by atoms with E-state index >= 15 is 0 Å². The molecule has 0 atom stereocenters. The van der Waals surface area contributed by atoms with Gasteiger partial charge in [-0.2, -0.15) is 0 Å². The van der Waals surface area contributed by atoms with E-state index in [1.54, 1.807) is 26.1 Å². The molecule has 0 saturated heterocycles. The van der Waals surface area contributed by atoms with Gasteiger partial charge in [-0.1, -0.05) is 12.1 Å². The highest BCUT2D eigenvalue weighted by atomic mass is 19.1. The SMILES string of the molecule is CNC(=O)Cc1ccc(C)c(F)c1. The van der Waals surface area contributed by atoms with Crippen LogP contribution < -0.4 is 5.32 Å². The molecule has 1 aromatic rings. The number of nitrogens with one attached hydrogen (secondary N) is 1. The van der Waals surface area contributed by atoms with Gasteiger partial charge in [-0.25, -0.2) is 4.39 Å². The van der Waals surface area contributed by atoms with Crippen LogP contribution in [0.3, 0.4) is 0 Å². The Kier molecular flexibility index (Phi) is 3.01. The Bertz CT molecular complexity index is 323. The normalized spacial score (nSPS) is 9.77. The highest BCUT2D eigenvalue weighted by Crippen LogP contribution is 2.09. The monoisotopic (exact) mass is 181 g/mol. The lowest BCUT2D eigenvalue weighted by Crippen LogP contribution is -2.19. The Hall–Kier alpha value is -1.38. The fourth-order valence-electron chi connectivity index (χ4n) is 1.02. The van der Waals surface area contributed by atoms with E-state index in [-0.39, 0.29) is 18.1 Å². The highest BCUT2D eigenvalue weighted by Gasteiger charge is 2.03. The molecule has 0 radical (unpaired) electrons. The van der Waals surface area contributed by atoms with Crippen molar-refractivity contribution in [3.63, 3.8) is 0 Å². The Morgan fingerprint density at radius 2 is 2.23 bits per heavy atom. The number of hydrogen-bond acceptors (Lipinski definition) is 1. The molecular formula is C10H12FNO. The number of rotatable bonds is 2. The third-order valence-corrected chi connectivity index (χ3v) is 1.88. The molecule has 0 aliphatic rings. The molecule has 70 valence electrons. The third-order valence-electron chi connectivity index (χ3n) is 1.88. The van der Waals surface area contributed by atoms with Crippen LogP contribution in [-0.4, -0.2) is 13.0 Å². The van der Waals surface area contributed by atoms with Gasteiger partial charge in [-0.15, -0.1) is 0 Å². The first-order chi connectivity index (χ1) is 6.13. The minimum Gasteiger partial charge on any atom is -0.359 e. The molecule has 0 aliphatic heterocycles. The van der Waals surface area contributed by atoms with E-state index in [1.807, 2.05) is 0 Å². The second-order valence-corrected chi connectivity index (χ2v) is 2.93. The van der Waals surface area contributed by atoms with Crippen molar-refractivity contribution in [1.29, 1.82) is 0 Å². The number of carbonyl (C=O) groups is 1. The van der Waals surface area contributed by atoms with Crippen LogP contribution in [0.4, 0.5) is 4.39 Å². The smallest absolute Gasteiger partial charge is 0.224 e. The summed E-state index contributed by atoms with van der Waals surface area (Å²) in [6, 6.07) is 4.83. The maximum atomic E-state index is 13.0. The highest BCUT2D eigenvalue weighted by molar-refractivity contribution is 5.78. The molecule has 0 aliphatic carbocycles. The van der Waals surface area contributed by atoms with Crippen LogP contribution in [-0.2, 0) is 11.2 Å². The van der Waals surface area contributed by atoms with Crippen molar-refractivity contribution in [3.05, 3.63) is 35.1 Å². The van der Waals surface area contributed by atoms with Gasteiger partial charge in [-0.3, -0.25) is 4.79 Å². The number of carbonyl (C=O) groups excluding carboxylic acids is 1. The summed E-state index contributed by atoms with van der Waals surface area (Å²) in [4.78, 5) is 10.9. The lowest BCUT2D eigenvalue weighted by molar-refractivity contribution is -0.119. The first-order valence-electron chi connectivity index (χ1n) is 4.09. The minimum atomic E-state index is -0.263. The predicted molar refractivity (Wildman–Crippen MR) is 48.9 cm³/mol. The Morgan fingerprint density at radius 3 is 2.77 bits per heavy atom. The summed E-state index contributed by atoms with van der Waals surface area (Å²) in [6.45, 7) is 1.69. The fraction of sp³-hybridized carbons (Fsp3) is 0.300. The summed E-state index contributed by atoms with van der Waals surface area (Å²) in [5, 5.41) is 2.49.